The number of Topliss-reactive ketones (excluding diaryl/α,β-unsaturated/α-hetero) is 1. The zero-order chi connectivity index (χ0) is 13.8. The van der Waals surface area contributed by atoms with Crippen molar-refractivity contribution in [2.24, 2.45) is 5.41 Å². The van der Waals surface area contributed by atoms with Gasteiger partial charge in [0.2, 0.25) is 0 Å². The van der Waals surface area contributed by atoms with E-state index in [1.165, 1.54) is 12.1 Å². The van der Waals surface area contributed by atoms with Crippen LogP contribution in [0.3, 0.4) is 0 Å². The molecule has 0 aliphatic rings. The second-order valence-corrected chi connectivity index (χ2v) is 5.40. The highest BCUT2D eigenvalue weighted by Gasteiger charge is 2.29. The fourth-order valence-electron chi connectivity index (χ4n) is 1.88. The highest BCUT2D eigenvalue weighted by Crippen LogP contribution is 2.28. The van der Waals surface area contributed by atoms with E-state index in [-0.39, 0.29) is 18.0 Å². The first-order valence-electron chi connectivity index (χ1n) is 6.29. The maximum Gasteiger partial charge on any atom is 0.135 e. The molecule has 0 spiro atoms. The van der Waals surface area contributed by atoms with Gasteiger partial charge in [-0.15, -0.1) is 0 Å². The van der Waals surface area contributed by atoms with E-state index in [4.69, 9.17) is 0 Å². The fourth-order valence-corrected chi connectivity index (χ4v) is 1.88. The molecule has 0 bridgehead atoms. The minimum Gasteiger partial charge on any atom is -0.392 e. The lowest BCUT2D eigenvalue weighted by atomic mass is 9.78. The summed E-state index contributed by atoms with van der Waals surface area (Å²) in [5.41, 5.74) is 0.562. The van der Waals surface area contributed by atoms with Gasteiger partial charge in [0, 0.05) is 12.8 Å². The minimum absolute atomic E-state index is 0.0645. The lowest BCUT2D eigenvalue weighted by Gasteiger charge is -2.30. The van der Waals surface area contributed by atoms with Crippen LogP contribution >= 0.6 is 0 Å². The van der Waals surface area contributed by atoms with Crippen molar-refractivity contribution < 1.29 is 14.3 Å². The number of benzene rings is 1. The zero-order valence-electron chi connectivity index (χ0n) is 11.2. The largest absolute Gasteiger partial charge is 0.392 e. The van der Waals surface area contributed by atoms with Crippen LogP contribution in [0, 0.1) is 11.2 Å². The highest BCUT2D eigenvalue weighted by molar-refractivity contribution is 5.78. The van der Waals surface area contributed by atoms with Gasteiger partial charge in [0.05, 0.1) is 6.10 Å². The third-order valence-electron chi connectivity index (χ3n) is 3.29. The van der Waals surface area contributed by atoms with Gasteiger partial charge in [-0.25, -0.2) is 4.39 Å². The van der Waals surface area contributed by atoms with Crippen molar-refractivity contribution in [3.05, 3.63) is 35.6 Å². The molecule has 1 atom stereocenters. The Hall–Kier alpha value is -1.22. The summed E-state index contributed by atoms with van der Waals surface area (Å²) in [4.78, 5) is 11.4. The molecule has 0 saturated carbocycles. The number of aliphatic hydroxyl groups is 1. The summed E-state index contributed by atoms with van der Waals surface area (Å²) in [6.07, 6.45) is 0.579. The van der Waals surface area contributed by atoms with Crippen molar-refractivity contribution in [2.45, 2.75) is 46.1 Å². The summed E-state index contributed by atoms with van der Waals surface area (Å²) in [5, 5.41) is 10.1. The minimum atomic E-state index is -0.671. The monoisotopic (exact) mass is 252 g/mol. The van der Waals surface area contributed by atoms with Crippen molar-refractivity contribution in [1.29, 1.82) is 0 Å². The van der Waals surface area contributed by atoms with E-state index >= 15 is 0 Å². The van der Waals surface area contributed by atoms with Gasteiger partial charge in [-0.2, -0.15) is 0 Å². The Kier molecular flexibility index (Phi) is 5.03. The third kappa shape index (κ3) is 4.22. The number of carbonyl (C=O) groups excluding carboxylic acids is 1. The van der Waals surface area contributed by atoms with Crippen LogP contribution in [-0.2, 0) is 11.2 Å². The van der Waals surface area contributed by atoms with Crippen molar-refractivity contribution in [2.75, 3.05) is 0 Å². The average Bonchev–Trinajstić information content (AvgIpc) is 2.31. The summed E-state index contributed by atoms with van der Waals surface area (Å²) in [6, 6.07) is 6.25. The van der Waals surface area contributed by atoms with E-state index in [9.17, 15) is 14.3 Å². The maximum absolute atomic E-state index is 12.8. The smallest absolute Gasteiger partial charge is 0.135 e. The Morgan fingerprint density at radius 1 is 1.33 bits per heavy atom. The molecule has 0 aliphatic carbocycles. The van der Waals surface area contributed by atoms with Gasteiger partial charge in [-0.3, -0.25) is 4.79 Å². The van der Waals surface area contributed by atoms with Gasteiger partial charge in [-0.05, 0) is 29.5 Å². The first kappa shape index (κ1) is 14.8. The second kappa shape index (κ2) is 6.10. The Morgan fingerprint density at radius 2 is 1.89 bits per heavy atom. The van der Waals surface area contributed by atoms with Gasteiger partial charge in [-0.1, -0.05) is 32.9 Å². The Morgan fingerprint density at radius 3 is 2.39 bits per heavy atom. The van der Waals surface area contributed by atoms with Crippen molar-refractivity contribution >= 4 is 5.78 Å². The first-order chi connectivity index (χ1) is 8.35. The molecule has 3 heteroatoms. The predicted molar refractivity (Wildman–Crippen MR) is 69.8 cm³/mol. The molecular weight excluding hydrogens is 231 g/mol. The molecule has 1 N–H and O–H groups in total. The Bertz CT molecular complexity index is 395. The molecule has 1 aromatic rings. The topological polar surface area (TPSA) is 37.3 Å². The molecule has 18 heavy (non-hydrogen) atoms. The number of hydrogen-bond donors (Lipinski definition) is 1. The lowest BCUT2D eigenvalue weighted by molar-refractivity contribution is -0.122. The SMILES string of the molecule is CCC(=O)CC(O)C(C)(C)Cc1ccc(F)cc1. The second-order valence-electron chi connectivity index (χ2n) is 5.40. The molecule has 2 nitrogen and oxygen atoms in total. The molecule has 1 unspecified atom stereocenters. The van der Waals surface area contributed by atoms with Gasteiger partial charge in [0.25, 0.3) is 0 Å². The number of halogens is 1. The zero-order valence-corrected chi connectivity index (χ0v) is 11.2. The summed E-state index contributed by atoms with van der Waals surface area (Å²) in [5.74, 6) is -0.201. The van der Waals surface area contributed by atoms with Gasteiger partial charge in [0.15, 0.2) is 0 Å². The van der Waals surface area contributed by atoms with Crippen LogP contribution in [0.1, 0.15) is 39.2 Å². The summed E-state index contributed by atoms with van der Waals surface area (Å²) in [7, 11) is 0. The molecule has 1 aromatic carbocycles. The fraction of sp³-hybridized carbons (Fsp3) is 0.533. The van der Waals surface area contributed by atoms with Gasteiger partial charge >= 0.3 is 0 Å². The van der Waals surface area contributed by atoms with Crippen molar-refractivity contribution in [3.8, 4) is 0 Å². The number of aliphatic hydroxyl groups excluding tert-OH is 1. The molecule has 0 fully saturated rings. The Labute approximate surface area is 108 Å². The molecule has 0 aliphatic heterocycles. The van der Waals surface area contributed by atoms with Crippen LogP contribution in [0.5, 0.6) is 0 Å². The summed E-state index contributed by atoms with van der Waals surface area (Å²) < 4.78 is 12.8. The molecule has 100 valence electrons. The number of hydrogen-bond acceptors (Lipinski definition) is 2. The number of carbonyl (C=O) groups is 1. The Balaban J connectivity index is 2.68. The lowest BCUT2D eigenvalue weighted by Crippen LogP contribution is -2.33. The molecule has 0 radical (unpaired) electrons. The molecule has 0 amide bonds. The van der Waals surface area contributed by atoms with Crippen LogP contribution in [0.2, 0.25) is 0 Å². The molecule has 0 aromatic heterocycles. The highest BCUT2D eigenvalue weighted by atomic mass is 19.1. The van der Waals surface area contributed by atoms with E-state index in [0.717, 1.165) is 5.56 Å². The quantitative estimate of drug-likeness (QED) is 0.844. The van der Waals surface area contributed by atoms with Crippen LogP contribution < -0.4 is 0 Å². The maximum atomic E-state index is 12.8. The number of ketones is 1. The van der Waals surface area contributed by atoms with Crippen molar-refractivity contribution in [1.82, 2.24) is 0 Å². The summed E-state index contributed by atoms with van der Waals surface area (Å²) >= 11 is 0. The normalized spacial score (nSPS) is 13.4. The summed E-state index contributed by atoms with van der Waals surface area (Å²) in [6.45, 7) is 5.63. The molecule has 0 saturated heterocycles. The van der Waals surface area contributed by atoms with Gasteiger partial charge < -0.3 is 5.11 Å². The van der Waals surface area contributed by atoms with E-state index in [1.807, 2.05) is 13.8 Å². The van der Waals surface area contributed by atoms with Gasteiger partial charge in [0.1, 0.15) is 11.6 Å². The van der Waals surface area contributed by atoms with E-state index in [0.29, 0.717) is 12.8 Å². The standard InChI is InChI=1S/C15H21FO2/c1-4-13(17)9-14(18)15(2,3)10-11-5-7-12(16)8-6-11/h5-8,14,18H,4,9-10H2,1-3H3. The number of rotatable bonds is 6. The molecular formula is C15H21FO2. The first-order valence-corrected chi connectivity index (χ1v) is 6.29. The molecule has 0 heterocycles. The van der Waals surface area contributed by atoms with E-state index < -0.39 is 11.5 Å². The van der Waals surface area contributed by atoms with Crippen LogP contribution in [0.25, 0.3) is 0 Å². The molecule has 1 rings (SSSR count). The van der Waals surface area contributed by atoms with Crippen LogP contribution in [0.4, 0.5) is 4.39 Å². The predicted octanol–water partition coefficient (Wildman–Crippen LogP) is 3.12. The van der Waals surface area contributed by atoms with Crippen LogP contribution in [0.15, 0.2) is 24.3 Å². The van der Waals surface area contributed by atoms with E-state index in [1.54, 1.807) is 19.1 Å². The van der Waals surface area contributed by atoms with Crippen LogP contribution in [-0.4, -0.2) is 17.0 Å². The average molecular weight is 252 g/mol. The van der Waals surface area contributed by atoms with E-state index in [2.05, 4.69) is 0 Å². The van der Waals surface area contributed by atoms with Crippen molar-refractivity contribution in [3.63, 3.8) is 0 Å². The third-order valence-corrected chi connectivity index (χ3v) is 3.29.